The SMILES string of the molecule is CCC(C)N(Cc1ccccc1)C(=O)Cn1nc(C)c(Cl)c1C. The summed E-state index contributed by atoms with van der Waals surface area (Å²) in [6.07, 6.45) is 0.913. The highest BCUT2D eigenvalue weighted by molar-refractivity contribution is 6.31. The Hall–Kier alpha value is -1.81. The fourth-order valence-corrected chi connectivity index (χ4v) is 2.67. The zero-order valence-corrected chi connectivity index (χ0v) is 15.0. The van der Waals surface area contributed by atoms with E-state index in [2.05, 4.69) is 18.9 Å². The first kappa shape index (κ1) is 17.5. The van der Waals surface area contributed by atoms with E-state index in [-0.39, 0.29) is 18.5 Å². The molecule has 0 aliphatic heterocycles. The van der Waals surface area contributed by atoms with Gasteiger partial charge in [0.15, 0.2) is 0 Å². The maximum Gasteiger partial charge on any atom is 0.244 e. The van der Waals surface area contributed by atoms with E-state index < -0.39 is 0 Å². The van der Waals surface area contributed by atoms with E-state index in [4.69, 9.17) is 11.6 Å². The lowest BCUT2D eigenvalue weighted by Gasteiger charge is -2.29. The molecule has 0 aliphatic carbocycles. The molecule has 0 fully saturated rings. The smallest absolute Gasteiger partial charge is 0.244 e. The normalized spacial score (nSPS) is 12.2. The van der Waals surface area contributed by atoms with E-state index in [1.54, 1.807) is 4.68 Å². The number of nitrogens with zero attached hydrogens (tertiary/aromatic N) is 3. The van der Waals surface area contributed by atoms with Crippen LogP contribution in [-0.2, 0) is 17.9 Å². The first-order valence-corrected chi connectivity index (χ1v) is 8.34. The molecule has 0 bridgehead atoms. The zero-order valence-electron chi connectivity index (χ0n) is 14.2. The lowest BCUT2D eigenvalue weighted by molar-refractivity contribution is -0.134. The average molecular weight is 334 g/mol. The minimum atomic E-state index is 0.0606. The van der Waals surface area contributed by atoms with Crippen LogP contribution in [0.15, 0.2) is 30.3 Å². The lowest BCUT2D eigenvalue weighted by atomic mass is 10.1. The fraction of sp³-hybridized carbons (Fsp3) is 0.444. The summed E-state index contributed by atoms with van der Waals surface area (Å²) in [5, 5.41) is 5.00. The topological polar surface area (TPSA) is 38.1 Å². The van der Waals surface area contributed by atoms with Crippen molar-refractivity contribution in [2.45, 2.75) is 53.2 Å². The molecule has 1 unspecified atom stereocenters. The van der Waals surface area contributed by atoms with Gasteiger partial charge in [0.05, 0.1) is 16.4 Å². The Morgan fingerprint density at radius 3 is 2.48 bits per heavy atom. The molecule has 0 aliphatic rings. The summed E-state index contributed by atoms with van der Waals surface area (Å²) in [7, 11) is 0. The van der Waals surface area contributed by atoms with Gasteiger partial charge in [-0.1, -0.05) is 48.9 Å². The molecule has 0 radical (unpaired) electrons. The summed E-state index contributed by atoms with van der Waals surface area (Å²) in [5.41, 5.74) is 2.73. The van der Waals surface area contributed by atoms with Gasteiger partial charge in [0.1, 0.15) is 6.54 Å². The highest BCUT2D eigenvalue weighted by atomic mass is 35.5. The van der Waals surface area contributed by atoms with Gasteiger partial charge in [-0.25, -0.2) is 0 Å². The van der Waals surface area contributed by atoms with E-state index in [0.717, 1.165) is 23.4 Å². The Morgan fingerprint density at radius 2 is 1.96 bits per heavy atom. The number of aromatic nitrogens is 2. The predicted molar refractivity (Wildman–Crippen MR) is 93.5 cm³/mol. The first-order valence-electron chi connectivity index (χ1n) is 7.97. The number of hydrogen-bond donors (Lipinski definition) is 0. The van der Waals surface area contributed by atoms with Crippen molar-refractivity contribution in [2.75, 3.05) is 0 Å². The van der Waals surface area contributed by atoms with E-state index in [1.807, 2.05) is 49.1 Å². The summed E-state index contributed by atoms with van der Waals surface area (Å²) >= 11 is 6.17. The van der Waals surface area contributed by atoms with Crippen LogP contribution in [0, 0.1) is 13.8 Å². The standard InChI is InChI=1S/C18H24ClN3O/c1-5-13(2)21(11-16-9-7-6-8-10-16)17(23)12-22-15(4)18(19)14(3)20-22/h6-10,13H,5,11-12H2,1-4H3. The molecule has 0 saturated carbocycles. The van der Waals surface area contributed by atoms with Crippen molar-refractivity contribution in [2.24, 2.45) is 0 Å². The molecule has 2 rings (SSSR count). The molecule has 1 heterocycles. The molecule has 5 heteroatoms. The number of aryl methyl sites for hydroxylation is 1. The van der Waals surface area contributed by atoms with Gasteiger partial charge in [0, 0.05) is 12.6 Å². The van der Waals surface area contributed by atoms with Crippen LogP contribution in [0.1, 0.15) is 37.2 Å². The molecule has 0 N–H and O–H groups in total. The number of halogens is 1. The van der Waals surface area contributed by atoms with Crippen molar-refractivity contribution >= 4 is 17.5 Å². The van der Waals surface area contributed by atoms with Crippen molar-refractivity contribution < 1.29 is 4.79 Å². The van der Waals surface area contributed by atoms with Gasteiger partial charge in [0.25, 0.3) is 0 Å². The number of carbonyl (C=O) groups excluding carboxylic acids is 1. The van der Waals surface area contributed by atoms with Gasteiger partial charge in [-0.15, -0.1) is 0 Å². The van der Waals surface area contributed by atoms with Crippen LogP contribution >= 0.6 is 11.6 Å². The van der Waals surface area contributed by atoms with Gasteiger partial charge in [-0.3, -0.25) is 9.48 Å². The lowest BCUT2D eigenvalue weighted by Crippen LogP contribution is -2.40. The number of amides is 1. The van der Waals surface area contributed by atoms with Crippen LogP contribution in [0.4, 0.5) is 0 Å². The maximum absolute atomic E-state index is 12.8. The van der Waals surface area contributed by atoms with Gasteiger partial charge < -0.3 is 4.90 Å². The first-order chi connectivity index (χ1) is 10.9. The maximum atomic E-state index is 12.8. The number of hydrogen-bond acceptors (Lipinski definition) is 2. The van der Waals surface area contributed by atoms with Gasteiger partial charge in [-0.2, -0.15) is 5.10 Å². The van der Waals surface area contributed by atoms with E-state index >= 15 is 0 Å². The molecule has 1 aromatic carbocycles. The molecule has 0 spiro atoms. The van der Waals surface area contributed by atoms with E-state index in [9.17, 15) is 4.79 Å². The second kappa shape index (κ2) is 7.64. The Labute approximate surface area is 143 Å². The van der Waals surface area contributed by atoms with Crippen LogP contribution in [0.5, 0.6) is 0 Å². The van der Waals surface area contributed by atoms with Gasteiger partial charge in [-0.05, 0) is 32.8 Å². The monoisotopic (exact) mass is 333 g/mol. The third-order valence-corrected chi connectivity index (χ3v) is 4.76. The average Bonchev–Trinajstić information content (AvgIpc) is 2.79. The summed E-state index contributed by atoms with van der Waals surface area (Å²) in [6.45, 7) is 8.75. The Kier molecular flexibility index (Phi) is 5.83. The molecule has 2 aromatic rings. The van der Waals surface area contributed by atoms with Crippen LogP contribution in [0.25, 0.3) is 0 Å². The quantitative estimate of drug-likeness (QED) is 0.802. The molecule has 0 saturated heterocycles. The second-order valence-corrected chi connectivity index (χ2v) is 6.28. The highest BCUT2D eigenvalue weighted by Crippen LogP contribution is 2.19. The van der Waals surface area contributed by atoms with Crippen molar-refractivity contribution in [3.63, 3.8) is 0 Å². The van der Waals surface area contributed by atoms with Crippen LogP contribution < -0.4 is 0 Å². The van der Waals surface area contributed by atoms with Crippen molar-refractivity contribution in [1.29, 1.82) is 0 Å². The molecule has 124 valence electrons. The Balaban J connectivity index is 2.18. The van der Waals surface area contributed by atoms with Crippen LogP contribution in [0.3, 0.4) is 0 Å². The van der Waals surface area contributed by atoms with Gasteiger partial charge >= 0.3 is 0 Å². The summed E-state index contributed by atoms with van der Waals surface area (Å²) in [6, 6.07) is 10.2. The minimum Gasteiger partial charge on any atom is -0.334 e. The molecular formula is C18H24ClN3O. The number of carbonyl (C=O) groups is 1. The van der Waals surface area contributed by atoms with Crippen molar-refractivity contribution in [3.8, 4) is 0 Å². The van der Waals surface area contributed by atoms with Crippen LogP contribution in [-0.4, -0.2) is 26.6 Å². The largest absolute Gasteiger partial charge is 0.334 e. The molecule has 4 nitrogen and oxygen atoms in total. The Bertz CT molecular complexity index is 666. The van der Waals surface area contributed by atoms with Crippen molar-refractivity contribution in [1.82, 2.24) is 14.7 Å². The minimum absolute atomic E-state index is 0.0606. The third-order valence-electron chi connectivity index (χ3n) is 4.22. The summed E-state index contributed by atoms with van der Waals surface area (Å²) in [5.74, 6) is 0.0606. The van der Waals surface area contributed by atoms with Crippen molar-refractivity contribution in [3.05, 3.63) is 52.3 Å². The number of benzene rings is 1. The second-order valence-electron chi connectivity index (χ2n) is 5.91. The molecule has 1 atom stereocenters. The van der Waals surface area contributed by atoms with E-state index in [0.29, 0.717) is 11.6 Å². The van der Waals surface area contributed by atoms with Crippen LogP contribution in [0.2, 0.25) is 5.02 Å². The summed E-state index contributed by atoms with van der Waals surface area (Å²) in [4.78, 5) is 14.7. The fourth-order valence-electron chi connectivity index (χ4n) is 2.54. The predicted octanol–water partition coefficient (Wildman–Crippen LogP) is 3.98. The molecular weight excluding hydrogens is 310 g/mol. The highest BCUT2D eigenvalue weighted by Gasteiger charge is 2.21. The molecule has 1 aromatic heterocycles. The molecule has 23 heavy (non-hydrogen) atoms. The third kappa shape index (κ3) is 4.14. The van der Waals surface area contributed by atoms with E-state index in [1.165, 1.54) is 0 Å². The zero-order chi connectivity index (χ0) is 17.0. The number of rotatable bonds is 6. The molecule has 1 amide bonds. The summed E-state index contributed by atoms with van der Waals surface area (Å²) < 4.78 is 1.69. The van der Waals surface area contributed by atoms with Gasteiger partial charge in [0.2, 0.25) is 5.91 Å². The Morgan fingerprint density at radius 1 is 1.30 bits per heavy atom.